The monoisotopic (exact) mass is 290 g/mol. The first kappa shape index (κ1) is 13.8. The molecule has 0 saturated carbocycles. The second-order valence-corrected chi connectivity index (χ2v) is 6.91. The van der Waals surface area contributed by atoms with Crippen molar-refractivity contribution in [1.29, 1.82) is 0 Å². The summed E-state index contributed by atoms with van der Waals surface area (Å²) >= 11 is 1.84. The van der Waals surface area contributed by atoms with Gasteiger partial charge in [-0.3, -0.25) is 4.90 Å². The van der Waals surface area contributed by atoms with E-state index in [0.29, 0.717) is 5.92 Å². The van der Waals surface area contributed by atoms with Crippen LogP contribution in [-0.2, 0) is 19.6 Å². The molecule has 0 N–H and O–H groups in total. The molecule has 2 aromatic heterocycles. The molecule has 0 amide bonds. The summed E-state index contributed by atoms with van der Waals surface area (Å²) in [6.07, 6.45) is 4.04. The van der Waals surface area contributed by atoms with E-state index >= 15 is 0 Å². The normalized spacial score (nSPS) is 20.1. The Hall–Kier alpha value is -1.17. The molecule has 3 heterocycles. The van der Waals surface area contributed by atoms with Crippen LogP contribution < -0.4 is 0 Å². The Morgan fingerprint density at radius 2 is 2.30 bits per heavy atom. The number of imidazole rings is 1. The van der Waals surface area contributed by atoms with Gasteiger partial charge in [0.2, 0.25) is 0 Å². The summed E-state index contributed by atoms with van der Waals surface area (Å²) in [5, 5.41) is 2.16. The number of aromatic nitrogens is 2. The predicted octanol–water partition coefficient (Wildman–Crippen LogP) is 2.14. The van der Waals surface area contributed by atoms with Crippen LogP contribution >= 0.6 is 11.3 Å². The van der Waals surface area contributed by atoms with Gasteiger partial charge in [0.05, 0.1) is 6.54 Å². The number of fused-ring (bicyclic) bond motifs is 1. The highest BCUT2D eigenvalue weighted by atomic mass is 32.1. The summed E-state index contributed by atoms with van der Waals surface area (Å²) in [4.78, 5) is 10.8. The molecule has 108 valence electrons. The topological polar surface area (TPSA) is 24.3 Å². The molecule has 0 saturated heterocycles. The predicted molar refractivity (Wildman–Crippen MR) is 82.7 cm³/mol. The number of rotatable bonds is 4. The fraction of sp³-hybridized carbons (Fsp3) is 0.533. The third-order valence-electron chi connectivity index (χ3n) is 3.72. The Bertz CT molecular complexity index is 532. The third-order valence-corrected chi connectivity index (χ3v) is 4.58. The lowest BCUT2D eigenvalue weighted by atomic mass is 10.1. The molecule has 0 bridgehead atoms. The summed E-state index contributed by atoms with van der Waals surface area (Å²) in [6, 6.07) is 4.36. The molecule has 20 heavy (non-hydrogen) atoms. The van der Waals surface area contributed by atoms with Crippen molar-refractivity contribution in [3.63, 3.8) is 0 Å². The maximum atomic E-state index is 4.52. The van der Waals surface area contributed by atoms with Crippen LogP contribution in [0.2, 0.25) is 0 Å². The molecule has 0 aliphatic carbocycles. The van der Waals surface area contributed by atoms with Crippen LogP contribution in [0.15, 0.2) is 29.9 Å². The smallest absolute Gasteiger partial charge is 0.122 e. The van der Waals surface area contributed by atoms with Gasteiger partial charge in [0.25, 0.3) is 0 Å². The van der Waals surface area contributed by atoms with Crippen molar-refractivity contribution in [3.05, 3.63) is 40.6 Å². The maximum Gasteiger partial charge on any atom is 0.122 e. The van der Waals surface area contributed by atoms with Crippen LogP contribution in [0.1, 0.15) is 10.7 Å². The number of hydrogen-bond donors (Lipinski definition) is 0. The van der Waals surface area contributed by atoms with Crippen LogP contribution in [-0.4, -0.2) is 46.5 Å². The standard InChI is InChI=1S/C15H22N4S/c1-17(2)8-13-9-18(11-14-4-3-7-20-14)12-15-16-5-6-19(15)10-13/h3-7,13H,8-12H2,1-2H3/t13-/m1/s1. The molecular weight excluding hydrogens is 268 g/mol. The van der Waals surface area contributed by atoms with E-state index in [-0.39, 0.29) is 0 Å². The van der Waals surface area contributed by atoms with Crippen LogP contribution in [0.5, 0.6) is 0 Å². The molecule has 1 aliphatic heterocycles. The van der Waals surface area contributed by atoms with Gasteiger partial charge in [-0.25, -0.2) is 4.98 Å². The Balaban J connectivity index is 1.76. The quantitative estimate of drug-likeness (QED) is 0.862. The summed E-state index contributed by atoms with van der Waals surface area (Å²) in [5.41, 5.74) is 0. The molecule has 0 fully saturated rings. The highest BCUT2D eigenvalue weighted by molar-refractivity contribution is 7.09. The molecule has 5 heteroatoms. The molecule has 1 aliphatic rings. The largest absolute Gasteiger partial charge is 0.333 e. The van der Waals surface area contributed by atoms with Gasteiger partial charge in [0.1, 0.15) is 5.82 Å². The lowest BCUT2D eigenvalue weighted by Crippen LogP contribution is -2.33. The van der Waals surface area contributed by atoms with Crippen molar-refractivity contribution < 1.29 is 0 Å². The van der Waals surface area contributed by atoms with E-state index in [1.54, 1.807) is 0 Å². The Kier molecular flexibility index (Phi) is 4.19. The van der Waals surface area contributed by atoms with E-state index in [0.717, 1.165) is 32.7 Å². The lowest BCUT2D eigenvalue weighted by Gasteiger charge is -2.25. The Morgan fingerprint density at radius 1 is 1.40 bits per heavy atom. The van der Waals surface area contributed by atoms with Gasteiger partial charge in [-0.15, -0.1) is 11.3 Å². The molecule has 0 unspecified atom stereocenters. The average molecular weight is 290 g/mol. The third kappa shape index (κ3) is 3.29. The zero-order chi connectivity index (χ0) is 13.9. The minimum absolute atomic E-state index is 0.653. The molecule has 0 spiro atoms. The second-order valence-electron chi connectivity index (χ2n) is 5.87. The van der Waals surface area contributed by atoms with Crippen molar-refractivity contribution in [2.75, 3.05) is 27.2 Å². The van der Waals surface area contributed by atoms with E-state index < -0.39 is 0 Å². The van der Waals surface area contributed by atoms with Crippen LogP contribution in [0.3, 0.4) is 0 Å². The minimum Gasteiger partial charge on any atom is -0.333 e. The van der Waals surface area contributed by atoms with E-state index in [9.17, 15) is 0 Å². The van der Waals surface area contributed by atoms with E-state index in [1.807, 2.05) is 17.5 Å². The molecule has 0 radical (unpaired) electrons. The fourth-order valence-electron chi connectivity index (χ4n) is 3.00. The SMILES string of the molecule is CN(C)C[C@@H]1CN(Cc2cccs2)Cc2nccn2C1. The number of hydrogen-bond acceptors (Lipinski definition) is 4. The van der Waals surface area contributed by atoms with Gasteiger partial charge in [0.15, 0.2) is 0 Å². The van der Waals surface area contributed by atoms with E-state index in [2.05, 4.69) is 57.2 Å². The number of thiophene rings is 1. The zero-order valence-electron chi connectivity index (χ0n) is 12.2. The average Bonchev–Trinajstić information content (AvgIpc) is 2.99. The highest BCUT2D eigenvalue weighted by Crippen LogP contribution is 2.20. The molecule has 0 aromatic carbocycles. The molecule has 1 atom stereocenters. The van der Waals surface area contributed by atoms with Gasteiger partial charge in [-0.1, -0.05) is 6.07 Å². The maximum absolute atomic E-state index is 4.52. The second kappa shape index (κ2) is 6.08. The van der Waals surface area contributed by atoms with Crippen molar-refractivity contribution in [2.24, 2.45) is 5.92 Å². The first-order valence-corrected chi connectivity index (χ1v) is 7.98. The first-order chi connectivity index (χ1) is 9.70. The van der Waals surface area contributed by atoms with Gasteiger partial charge in [-0.05, 0) is 25.5 Å². The van der Waals surface area contributed by atoms with Crippen molar-refractivity contribution in [1.82, 2.24) is 19.4 Å². The first-order valence-electron chi connectivity index (χ1n) is 7.10. The summed E-state index contributed by atoms with van der Waals surface area (Å²) < 4.78 is 2.32. The lowest BCUT2D eigenvalue weighted by molar-refractivity contribution is 0.195. The van der Waals surface area contributed by atoms with Gasteiger partial charge in [0, 0.05) is 49.4 Å². The fourth-order valence-corrected chi connectivity index (χ4v) is 3.74. The van der Waals surface area contributed by atoms with E-state index in [4.69, 9.17) is 0 Å². The molecule has 3 rings (SSSR count). The van der Waals surface area contributed by atoms with Crippen molar-refractivity contribution in [3.8, 4) is 0 Å². The van der Waals surface area contributed by atoms with Crippen LogP contribution in [0.4, 0.5) is 0 Å². The Morgan fingerprint density at radius 3 is 3.05 bits per heavy atom. The number of nitrogens with zero attached hydrogens (tertiary/aromatic N) is 4. The van der Waals surface area contributed by atoms with Gasteiger partial charge in [-0.2, -0.15) is 0 Å². The molecular formula is C15H22N4S. The summed E-state index contributed by atoms with van der Waals surface area (Å²) in [6.45, 7) is 5.33. The molecule has 2 aromatic rings. The zero-order valence-corrected chi connectivity index (χ0v) is 13.0. The van der Waals surface area contributed by atoms with Gasteiger partial charge < -0.3 is 9.47 Å². The van der Waals surface area contributed by atoms with E-state index in [1.165, 1.54) is 10.7 Å². The summed E-state index contributed by atoms with van der Waals surface area (Å²) in [7, 11) is 4.31. The Labute approximate surface area is 124 Å². The van der Waals surface area contributed by atoms with Crippen LogP contribution in [0.25, 0.3) is 0 Å². The minimum atomic E-state index is 0.653. The molecule has 4 nitrogen and oxygen atoms in total. The van der Waals surface area contributed by atoms with Gasteiger partial charge >= 0.3 is 0 Å². The summed E-state index contributed by atoms with van der Waals surface area (Å²) in [5.74, 6) is 1.85. The van der Waals surface area contributed by atoms with Crippen molar-refractivity contribution >= 4 is 11.3 Å². The van der Waals surface area contributed by atoms with Crippen molar-refractivity contribution in [2.45, 2.75) is 19.6 Å². The van der Waals surface area contributed by atoms with Crippen LogP contribution in [0, 0.1) is 5.92 Å². The highest BCUT2D eigenvalue weighted by Gasteiger charge is 2.22.